The minimum absolute atomic E-state index is 0.716. The Morgan fingerprint density at radius 3 is 2.94 bits per heavy atom. The number of hydrogen-bond donors (Lipinski definition) is 0. The molecule has 1 saturated heterocycles. The first-order valence-electron chi connectivity index (χ1n) is 5.38. The predicted octanol–water partition coefficient (Wildman–Crippen LogP) is 3.20. The lowest BCUT2D eigenvalue weighted by molar-refractivity contribution is 0.112. The summed E-state index contributed by atoms with van der Waals surface area (Å²) >= 11 is 5.45. The first kappa shape index (κ1) is 12.0. The second-order valence-corrected chi connectivity index (χ2v) is 5.86. The minimum atomic E-state index is 0.716. The second-order valence-electron chi connectivity index (χ2n) is 3.78. The van der Waals surface area contributed by atoms with Crippen molar-refractivity contribution >= 4 is 39.7 Å². The molecule has 1 fully saturated rings. The SMILES string of the molecule is O=Cc1ccc(N2CCCSCC2)cc1Br. The van der Waals surface area contributed by atoms with E-state index in [0.29, 0.717) is 5.56 Å². The summed E-state index contributed by atoms with van der Waals surface area (Å²) in [4.78, 5) is 13.1. The average molecular weight is 300 g/mol. The highest BCUT2D eigenvalue weighted by atomic mass is 79.9. The van der Waals surface area contributed by atoms with Gasteiger partial charge in [-0.15, -0.1) is 0 Å². The highest BCUT2D eigenvalue weighted by molar-refractivity contribution is 9.10. The molecular formula is C12H14BrNOS. The summed E-state index contributed by atoms with van der Waals surface area (Å²) in [5, 5.41) is 0. The molecule has 4 heteroatoms. The van der Waals surface area contributed by atoms with Crippen molar-refractivity contribution in [1.82, 2.24) is 0 Å². The molecular weight excluding hydrogens is 286 g/mol. The van der Waals surface area contributed by atoms with Crippen LogP contribution in [0, 0.1) is 0 Å². The maximum atomic E-state index is 10.7. The molecule has 0 amide bonds. The lowest BCUT2D eigenvalue weighted by Crippen LogP contribution is -2.25. The normalized spacial score (nSPS) is 16.9. The lowest BCUT2D eigenvalue weighted by Gasteiger charge is -2.22. The van der Waals surface area contributed by atoms with Crippen molar-refractivity contribution < 1.29 is 4.79 Å². The summed E-state index contributed by atoms with van der Waals surface area (Å²) in [5.74, 6) is 2.44. The number of anilines is 1. The molecule has 0 bridgehead atoms. The Morgan fingerprint density at radius 2 is 2.19 bits per heavy atom. The number of nitrogens with zero attached hydrogens (tertiary/aromatic N) is 1. The van der Waals surface area contributed by atoms with Gasteiger partial charge in [-0.05, 0) is 46.3 Å². The van der Waals surface area contributed by atoms with Crippen LogP contribution in [0.25, 0.3) is 0 Å². The van der Waals surface area contributed by atoms with Gasteiger partial charge in [-0.3, -0.25) is 4.79 Å². The fraction of sp³-hybridized carbons (Fsp3) is 0.417. The highest BCUT2D eigenvalue weighted by Gasteiger charge is 2.11. The number of hydrogen-bond acceptors (Lipinski definition) is 3. The van der Waals surface area contributed by atoms with Crippen LogP contribution < -0.4 is 4.90 Å². The Bertz CT molecular complexity index is 375. The van der Waals surface area contributed by atoms with Crippen molar-refractivity contribution in [2.45, 2.75) is 6.42 Å². The van der Waals surface area contributed by atoms with Crippen LogP contribution in [0.15, 0.2) is 22.7 Å². The number of benzene rings is 1. The van der Waals surface area contributed by atoms with E-state index < -0.39 is 0 Å². The van der Waals surface area contributed by atoms with Gasteiger partial charge in [0.25, 0.3) is 0 Å². The number of halogens is 1. The van der Waals surface area contributed by atoms with Gasteiger partial charge in [0.15, 0.2) is 6.29 Å². The van der Waals surface area contributed by atoms with Crippen LogP contribution in [-0.4, -0.2) is 30.9 Å². The molecule has 2 rings (SSSR count). The van der Waals surface area contributed by atoms with Crippen LogP contribution in [0.2, 0.25) is 0 Å². The van der Waals surface area contributed by atoms with E-state index in [9.17, 15) is 4.79 Å². The van der Waals surface area contributed by atoms with Crippen molar-refractivity contribution in [2.75, 3.05) is 29.5 Å². The van der Waals surface area contributed by atoms with E-state index in [-0.39, 0.29) is 0 Å². The monoisotopic (exact) mass is 299 g/mol. The Hall–Kier alpha value is -0.480. The van der Waals surface area contributed by atoms with Crippen LogP contribution in [0.4, 0.5) is 5.69 Å². The molecule has 0 N–H and O–H groups in total. The van der Waals surface area contributed by atoms with Crippen molar-refractivity contribution in [1.29, 1.82) is 0 Å². The summed E-state index contributed by atoms with van der Waals surface area (Å²) in [7, 11) is 0. The molecule has 0 atom stereocenters. The van der Waals surface area contributed by atoms with Gasteiger partial charge in [-0.2, -0.15) is 11.8 Å². The maximum absolute atomic E-state index is 10.7. The van der Waals surface area contributed by atoms with Crippen LogP contribution in [0.3, 0.4) is 0 Å². The summed E-state index contributed by atoms with van der Waals surface area (Å²) in [6.45, 7) is 2.21. The second kappa shape index (κ2) is 5.73. The topological polar surface area (TPSA) is 20.3 Å². The zero-order valence-electron chi connectivity index (χ0n) is 8.99. The van der Waals surface area contributed by atoms with Gasteiger partial charge in [0.1, 0.15) is 0 Å². The highest BCUT2D eigenvalue weighted by Crippen LogP contribution is 2.25. The average Bonchev–Trinajstić information content (AvgIpc) is 2.57. The van der Waals surface area contributed by atoms with Crippen LogP contribution in [0.1, 0.15) is 16.8 Å². The molecule has 1 aromatic rings. The quantitative estimate of drug-likeness (QED) is 0.782. The van der Waals surface area contributed by atoms with E-state index in [1.54, 1.807) is 0 Å². The Kier molecular flexibility index (Phi) is 4.29. The summed E-state index contributed by atoms with van der Waals surface area (Å²) < 4.78 is 0.886. The van der Waals surface area contributed by atoms with E-state index >= 15 is 0 Å². The van der Waals surface area contributed by atoms with E-state index in [4.69, 9.17) is 0 Å². The molecule has 86 valence electrons. The zero-order chi connectivity index (χ0) is 11.4. The van der Waals surface area contributed by atoms with E-state index in [0.717, 1.165) is 23.8 Å². The number of aldehydes is 1. The predicted molar refractivity (Wildman–Crippen MR) is 73.7 cm³/mol. The van der Waals surface area contributed by atoms with Gasteiger partial charge < -0.3 is 4.90 Å². The van der Waals surface area contributed by atoms with Crippen molar-refractivity contribution in [3.05, 3.63) is 28.2 Å². The molecule has 0 radical (unpaired) electrons. The standard InChI is InChI=1S/C12H14BrNOS/c13-12-8-11(3-2-10(12)9-15)14-4-1-6-16-7-5-14/h2-3,8-9H,1,4-7H2. The molecule has 0 aromatic heterocycles. The van der Waals surface area contributed by atoms with Crippen molar-refractivity contribution in [3.8, 4) is 0 Å². The summed E-state index contributed by atoms with van der Waals surface area (Å²) in [6, 6.07) is 5.95. The van der Waals surface area contributed by atoms with Gasteiger partial charge in [0.2, 0.25) is 0 Å². The van der Waals surface area contributed by atoms with Crippen LogP contribution >= 0.6 is 27.7 Å². The molecule has 1 aliphatic rings. The number of thioether (sulfide) groups is 1. The maximum Gasteiger partial charge on any atom is 0.151 e. The third-order valence-electron chi connectivity index (χ3n) is 2.70. The number of rotatable bonds is 2. The third kappa shape index (κ3) is 2.80. The van der Waals surface area contributed by atoms with Gasteiger partial charge in [0.05, 0.1) is 0 Å². The van der Waals surface area contributed by atoms with Gasteiger partial charge in [-0.1, -0.05) is 0 Å². The Balaban J connectivity index is 2.19. The molecule has 0 unspecified atom stereocenters. The van der Waals surface area contributed by atoms with Crippen LogP contribution in [-0.2, 0) is 0 Å². The zero-order valence-corrected chi connectivity index (χ0v) is 11.4. The van der Waals surface area contributed by atoms with E-state index in [1.165, 1.54) is 23.6 Å². The molecule has 0 aliphatic carbocycles. The molecule has 16 heavy (non-hydrogen) atoms. The molecule has 1 aromatic carbocycles. The largest absolute Gasteiger partial charge is 0.371 e. The molecule has 2 nitrogen and oxygen atoms in total. The Labute approximate surface area is 109 Å². The third-order valence-corrected chi connectivity index (χ3v) is 4.43. The van der Waals surface area contributed by atoms with Gasteiger partial charge in [-0.25, -0.2) is 0 Å². The van der Waals surface area contributed by atoms with E-state index in [1.807, 2.05) is 30.0 Å². The first-order chi connectivity index (χ1) is 7.81. The fourth-order valence-electron chi connectivity index (χ4n) is 1.81. The molecule has 0 spiro atoms. The first-order valence-corrected chi connectivity index (χ1v) is 7.33. The molecule has 0 saturated carbocycles. The van der Waals surface area contributed by atoms with E-state index in [2.05, 4.69) is 20.8 Å². The van der Waals surface area contributed by atoms with Gasteiger partial charge in [0, 0.05) is 34.6 Å². The fourth-order valence-corrected chi connectivity index (χ4v) is 3.16. The number of carbonyl (C=O) groups excluding carboxylic acids is 1. The lowest BCUT2D eigenvalue weighted by atomic mass is 10.2. The molecule has 1 heterocycles. The molecule has 1 aliphatic heterocycles. The van der Waals surface area contributed by atoms with Crippen molar-refractivity contribution in [3.63, 3.8) is 0 Å². The smallest absolute Gasteiger partial charge is 0.151 e. The minimum Gasteiger partial charge on any atom is -0.371 e. The van der Waals surface area contributed by atoms with Gasteiger partial charge >= 0.3 is 0 Å². The summed E-state index contributed by atoms with van der Waals surface area (Å²) in [5.41, 5.74) is 1.92. The Morgan fingerprint density at radius 1 is 1.31 bits per heavy atom. The number of carbonyl (C=O) groups is 1. The summed E-state index contributed by atoms with van der Waals surface area (Å²) in [6.07, 6.45) is 2.11. The van der Waals surface area contributed by atoms with Crippen LogP contribution in [0.5, 0.6) is 0 Å². The van der Waals surface area contributed by atoms with Crippen molar-refractivity contribution in [2.24, 2.45) is 0 Å².